The second-order valence-electron chi connectivity index (χ2n) is 3.92. The number of rotatable bonds is 3. The van der Waals surface area contributed by atoms with Crippen molar-refractivity contribution < 1.29 is 0 Å². The molecule has 1 N–H and O–H groups in total. The summed E-state index contributed by atoms with van der Waals surface area (Å²) < 4.78 is 1.40. The SMILES string of the molecule is N#CC=Cc1cn(Cc2ccccc2)c(=O)[nH]c1=O. The lowest BCUT2D eigenvalue weighted by Crippen LogP contribution is -2.31. The minimum absolute atomic E-state index is 0.275. The molecule has 1 heterocycles. The highest BCUT2D eigenvalue weighted by molar-refractivity contribution is 5.49. The lowest BCUT2D eigenvalue weighted by molar-refractivity contribution is 0.718. The Hall–Kier alpha value is -2.87. The lowest BCUT2D eigenvalue weighted by Gasteiger charge is -2.05. The maximum atomic E-state index is 11.7. The maximum Gasteiger partial charge on any atom is 0.328 e. The predicted octanol–water partition coefficient (Wildman–Crippen LogP) is 1.12. The average molecular weight is 253 g/mol. The van der Waals surface area contributed by atoms with Crippen molar-refractivity contribution in [3.8, 4) is 6.07 Å². The van der Waals surface area contributed by atoms with Crippen LogP contribution in [-0.4, -0.2) is 9.55 Å². The number of nitriles is 1. The third-order valence-corrected chi connectivity index (χ3v) is 2.57. The molecule has 1 aromatic carbocycles. The van der Waals surface area contributed by atoms with E-state index < -0.39 is 11.2 Å². The molecule has 5 heteroatoms. The van der Waals surface area contributed by atoms with Crippen LogP contribution >= 0.6 is 0 Å². The van der Waals surface area contributed by atoms with Gasteiger partial charge in [-0.25, -0.2) is 4.79 Å². The van der Waals surface area contributed by atoms with E-state index in [1.54, 1.807) is 6.07 Å². The third kappa shape index (κ3) is 3.07. The van der Waals surface area contributed by atoms with Gasteiger partial charge in [0.2, 0.25) is 0 Å². The van der Waals surface area contributed by atoms with Crippen molar-refractivity contribution in [1.82, 2.24) is 9.55 Å². The van der Waals surface area contributed by atoms with Gasteiger partial charge in [0.05, 0.1) is 18.2 Å². The van der Waals surface area contributed by atoms with Crippen molar-refractivity contribution in [2.75, 3.05) is 0 Å². The van der Waals surface area contributed by atoms with Gasteiger partial charge in [0.1, 0.15) is 0 Å². The van der Waals surface area contributed by atoms with E-state index in [0.717, 1.165) is 5.56 Å². The summed E-state index contributed by atoms with van der Waals surface area (Å²) in [5.74, 6) is 0. The van der Waals surface area contributed by atoms with E-state index in [1.807, 2.05) is 30.3 Å². The van der Waals surface area contributed by atoms with Crippen LogP contribution in [0, 0.1) is 11.3 Å². The number of hydrogen-bond donors (Lipinski definition) is 1. The largest absolute Gasteiger partial charge is 0.328 e. The molecule has 0 amide bonds. The van der Waals surface area contributed by atoms with Crippen LogP contribution in [0.1, 0.15) is 11.1 Å². The van der Waals surface area contributed by atoms with E-state index in [4.69, 9.17) is 5.26 Å². The summed E-state index contributed by atoms with van der Waals surface area (Å²) in [7, 11) is 0. The first-order valence-electron chi connectivity index (χ1n) is 5.64. The number of benzene rings is 1. The normalized spacial score (nSPS) is 10.5. The van der Waals surface area contributed by atoms with Gasteiger partial charge < -0.3 is 0 Å². The van der Waals surface area contributed by atoms with Gasteiger partial charge in [-0.3, -0.25) is 14.3 Å². The number of aromatic nitrogens is 2. The van der Waals surface area contributed by atoms with Crippen LogP contribution in [0.15, 0.2) is 52.2 Å². The van der Waals surface area contributed by atoms with E-state index in [1.165, 1.54) is 22.9 Å². The Labute approximate surface area is 109 Å². The fraction of sp³-hybridized carbons (Fsp3) is 0.0714. The van der Waals surface area contributed by atoms with Gasteiger partial charge >= 0.3 is 5.69 Å². The molecule has 0 radical (unpaired) electrons. The molecule has 0 aliphatic heterocycles. The van der Waals surface area contributed by atoms with Crippen LogP contribution < -0.4 is 11.2 Å². The molecular weight excluding hydrogens is 242 g/mol. The summed E-state index contributed by atoms with van der Waals surface area (Å²) in [5, 5.41) is 8.46. The highest BCUT2D eigenvalue weighted by Gasteiger charge is 2.02. The van der Waals surface area contributed by atoms with Crippen LogP contribution in [0.4, 0.5) is 0 Å². The molecule has 0 aliphatic rings. The van der Waals surface area contributed by atoms with E-state index in [0.29, 0.717) is 6.54 Å². The maximum absolute atomic E-state index is 11.7. The highest BCUT2D eigenvalue weighted by atomic mass is 16.2. The van der Waals surface area contributed by atoms with Gasteiger partial charge in [-0.05, 0) is 11.6 Å². The first-order chi connectivity index (χ1) is 9.20. The van der Waals surface area contributed by atoms with Crippen LogP contribution in [-0.2, 0) is 6.54 Å². The Bertz CT molecular complexity index is 749. The molecule has 0 unspecified atom stereocenters. The molecule has 2 aromatic rings. The van der Waals surface area contributed by atoms with Gasteiger partial charge in [-0.1, -0.05) is 30.3 Å². The smallest absolute Gasteiger partial charge is 0.296 e. The Morgan fingerprint density at radius 3 is 2.68 bits per heavy atom. The molecule has 94 valence electrons. The minimum Gasteiger partial charge on any atom is -0.296 e. The summed E-state index contributed by atoms with van der Waals surface area (Å²) in [6.45, 7) is 0.365. The molecule has 2 rings (SSSR count). The highest BCUT2D eigenvalue weighted by Crippen LogP contribution is 2.01. The monoisotopic (exact) mass is 253 g/mol. The molecule has 1 aromatic heterocycles. The third-order valence-electron chi connectivity index (χ3n) is 2.57. The van der Waals surface area contributed by atoms with Crippen molar-refractivity contribution in [3.05, 3.63) is 74.6 Å². The molecule has 0 atom stereocenters. The second-order valence-corrected chi connectivity index (χ2v) is 3.92. The van der Waals surface area contributed by atoms with E-state index in [9.17, 15) is 9.59 Å². The van der Waals surface area contributed by atoms with Crippen molar-refractivity contribution in [2.24, 2.45) is 0 Å². The Balaban J connectivity index is 2.41. The van der Waals surface area contributed by atoms with E-state index in [2.05, 4.69) is 4.98 Å². The molecular formula is C14H11N3O2. The van der Waals surface area contributed by atoms with E-state index >= 15 is 0 Å². The van der Waals surface area contributed by atoms with Gasteiger partial charge in [-0.15, -0.1) is 0 Å². The van der Waals surface area contributed by atoms with Gasteiger partial charge in [-0.2, -0.15) is 5.26 Å². The number of allylic oxidation sites excluding steroid dienone is 1. The molecule has 19 heavy (non-hydrogen) atoms. The van der Waals surface area contributed by atoms with Crippen LogP contribution in [0.5, 0.6) is 0 Å². The summed E-state index contributed by atoms with van der Waals surface area (Å²) in [6.07, 6.45) is 4.02. The fourth-order valence-corrected chi connectivity index (χ4v) is 1.67. The number of H-pyrrole nitrogens is 1. The molecule has 0 bridgehead atoms. The van der Waals surface area contributed by atoms with Crippen molar-refractivity contribution >= 4 is 6.08 Å². The summed E-state index contributed by atoms with van der Waals surface area (Å²) in [5.41, 5.74) is 0.257. The summed E-state index contributed by atoms with van der Waals surface area (Å²) >= 11 is 0. The number of hydrogen-bond acceptors (Lipinski definition) is 3. The molecule has 0 saturated carbocycles. The van der Waals surface area contributed by atoms with Gasteiger partial charge in [0.15, 0.2) is 0 Å². The zero-order valence-corrected chi connectivity index (χ0v) is 10.0. The zero-order chi connectivity index (χ0) is 13.7. The van der Waals surface area contributed by atoms with Crippen LogP contribution in [0.3, 0.4) is 0 Å². The molecule has 0 fully saturated rings. The number of nitrogens with one attached hydrogen (secondary N) is 1. The first kappa shape index (κ1) is 12.6. The predicted molar refractivity (Wildman–Crippen MR) is 71.5 cm³/mol. The average Bonchev–Trinajstić information content (AvgIpc) is 2.42. The number of aromatic amines is 1. The number of nitrogens with zero attached hydrogens (tertiary/aromatic N) is 2. The van der Waals surface area contributed by atoms with Gasteiger partial charge in [0, 0.05) is 12.3 Å². The molecule has 0 saturated heterocycles. The lowest BCUT2D eigenvalue weighted by atomic mass is 10.2. The topological polar surface area (TPSA) is 78.7 Å². The van der Waals surface area contributed by atoms with Crippen LogP contribution in [0.2, 0.25) is 0 Å². The fourth-order valence-electron chi connectivity index (χ4n) is 1.67. The Kier molecular flexibility index (Phi) is 3.74. The Morgan fingerprint density at radius 2 is 2.00 bits per heavy atom. The molecule has 5 nitrogen and oxygen atoms in total. The van der Waals surface area contributed by atoms with Gasteiger partial charge in [0.25, 0.3) is 5.56 Å². The first-order valence-corrected chi connectivity index (χ1v) is 5.64. The van der Waals surface area contributed by atoms with Crippen LogP contribution in [0.25, 0.3) is 6.08 Å². The molecule has 0 aliphatic carbocycles. The zero-order valence-electron chi connectivity index (χ0n) is 10.0. The van der Waals surface area contributed by atoms with E-state index in [-0.39, 0.29) is 5.56 Å². The summed E-state index contributed by atoms with van der Waals surface area (Å²) in [6, 6.07) is 11.2. The van der Waals surface area contributed by atoms with Crippen molar-refractivity contribution in [3.63, 3.8) is 0 Å². The summed E-state index contributed by atoms with van der Waals surface area (Å²) in [4.78, 5) is 25.4. The quantitative estimate of drug-likeness (QED) is 0.832. The van der Waals surface area contributed by atoms with Crippen molar-refractivity contribution in [1.29, 1.82) is 5.26 Å². The van der Waals surface area contributed by atoms with Crippen molar-refractivity contribution in [2.45, 2.75) is 6.54 Å². The second kappa shape index (κ2) is 5.65. The minimum atomic E-state index is -0.499. The molecule has 0 spiro atoms. The standard InChI is InChI=1S/C14H11N3O2/c15-8-4-7-12-10-17(14(19)16-13(12)18)9-11-5-2-1-3-6-11/h1-7,10H,9H2,(H,16,18,19). The Morgan fingerprint density at radius 1 is 1.26 bits per heavy atom.